The second-order valence-corrected chi connectivity index (χ2v) is 3.45. The summed E-state index contributed by atoms with van der Waals surface area (Å²) in [5, 5.41) is 3.43. The van der Waals surface area contributed by atoms with Gasteiger partial charge in [0.25, 0.3) is 0 Å². The normalized spacial score (nSPS) is 9.85. The van der Waals surface area contributed by atoms with Gasteiger partial charge in [-0.2, -0.15) is 0 Å². The molecule has 2 nitrogen and oxygen atoms in total. The molecule has 0 unspecified atom stereocenters. The fraction of sp³-hybridized carbons (Fsp3) is 0.300. The van der Waals surface area contributed by atoms with Gasteiger partial charge in [0.05, 0.1) is 0 Å². The summed E-state index contributed by atoms with van der Waals surface area (Å²) in [7, 11) is 0. The monoisotopic (exact) mass is 197 g/mol. The number of nitrogens with one attached hydrogen (secondary N) is 1. The number of aryl methyl sites for hydroxylation is 1. The molecule has 0 heterocycles. The van der Waals surface area contributed by atoms with Crippen molar-refractivity contribution < 1.29 is 4.79 Å². The minimum absolute atomic E-state index is 0.0755. The van der Waals surface area contributed by atoms with E-state index in [0.717, 1.165) is 16.8 Å². The molecule has 3 heteroatoms. The van der Waals surface area contributed by atoms with E-state index in [1.807, 2.05) is 26.0 Å². The molecule has 0 aromatic heterocycles. The van der Waals surface area contributed by atoms with E-state index in [1.165, 1.54) is 6.92 Å². The summed E-state index contributed by atoms with van der Waals surface area (Å²) in [5.74, 6) is -0.0755. The summed E-state index contributed by atoms with van der Waals surface area (Å²) in [4.78, 5) is 10.9. The summed E-state index contributed by atoms with van der Waals surface area (Å²) >= 11 is 5.92. The highest BCUT2D eigenvalue weighted by Crippen LogP contribution is 2.26. The van der Waals surface area contributed by atoms with Crippen molar-refractivity contribution in [2.45, 2.75) is 20.8 Å². The second kappa shape index (κ2) is 3.79. The Bertz CT molecular complexity index is 347. The molecule has 0 atom stereocenters. The Balaban J connectivity index is 3.17. The molecule has 0 aliphatic rings. The SMILES string of the molecule is CC(=O)Nc1c(C)ccc(Cl)c1C. The Kier molecular flexibility index (Phi) is 2.94. The number of rotatable bonds is 1. The number of halogens is 1. The van der Waals surface area contributed by atoms with Crippen LogP contribution in [0.25, 0.3) is 0 Å². The van der Waals surface area contributed by atoms with Crippen molar-refractivity contribution >= 4 is 23.2 Å². The molecule has 70 valence electrons. The van der Waals surface area contributed by atoms with Crippen LogP contribution in [0.2, 0.25) is 5.02 Å². The first-order valence-corrected chi connectivity index (χ1v) is 4.43. The lowest BCUT2D eigenvalue weighted by atomic mass is 10.1. The van der Waals surface area contributed by atoms with E-state index >= 15 is 0 Å². The van der Waals surface area contributed by atoms with Crippen LogP contribution in [0.1, 0.15) is 18.1 Å². The molecular formula is C10H12ClNO. The number of hydrogen-bond donors (Lipinski definition) is 1. The third kappa shape index (κ3) is 2.22. The van der Waals surface area contributed by atoms with Gasteiger partial charge in [0.1, 0.15) is 0 Å². The molecule has 0 fully saturated rings. The summed E-state index contributed by atoms with van der Waals surface area (Å²) in [6.07, 6.45) is 0. The Hall–Kier alpha value is -1.02. The van der Waals surface area contributed by atoms with E-state index in [-0.39, 0.29) is 5.91 Å². The molecule has 13 heavy (non-hydrogen) atoms. The Morgan fingerprint density at radius 1 is 1.38 bits per heavy atom. The van der Waals surface area contributed by atoms with Crippen LogP contribution >= 0.6 is 11.6 Å². The van der Waals surface area contributed by atoms with Gasteiger partial charge in [0, 0.05) is 17.6 Å². The standard InChI is InChI=1S/C10H12ClNO/c1-6-4-5-9(11)7(2)10(6)12-8(3)13/h4-5H,1-3H3,(H,12,13). The molecule has 0 aliphatic carbocycles. The third-order valence-corrected chi connectivity index (χ3v) is 2.32. The molecule has 1 amide bonds. The maximum Gasteiger partial charge on any atom is 0.221 e. The van der Waals surface area contributed by atoms with E-state index in [1.54, 1.807) is 0 Å². The first-order valence-electron chi connectivity index (χ1n) is 4.05. The second-order valence-electron chi connectivity index (χ2n) is 3.05. The van der Waals surface area contributed by atoms with Crippen LogP contribution in [-0.4, -0.2) is 5.91 Å². The molecule has 1 aromatic carbocycles. The lowest BCUT2D eigenvalue weighted by Gasteiger charge is -2.10. The number of anilines is 1. The van der Waals surface area contributed by atoms with E-state index in [0.29, 0.717) is 5.02 Å². The highest BCUT2D eigenvalue weighted by atomic mass is 35.5. The van der Waals surface area contributed by atoms with E-state index in [2.05, 4.69) is 5.32 Å². The molecule has 0 aliphatic heterocycles. The first-order chi connectivity index (χ1) is 6.02. The molecule has 0 spiro atoms. The number of amides is 1. The average molecular weight is 198 g/mol. The lowest BCUT2D eigenvalue weighted by molar-refractivity contribution is -0.114. The van der Waals surface area contributed by atoms with Gasteiger partial charge in [-0.15, -0.1) is 0 Å². The molecule has 1 aromatic rings. The van der Waals surface area contributed by atoms with Gasteiger partial charge >= 0.3 is 0 Å². The summed E-state index contributed by atoms with van der Waals surface area (Å²) in [6.45, 7) is 5.31. The summed E-state index contributed by atoms with van der Waals surface area (Å²) in [6, 6.07) is 3.72. The van der Waals surface area contributed by atoms with Crippen molar-refractivity contribution in [1.29, 1.82) is 0 Å². The van der Waals surface area contributed by atoms with Crippen molar-refractivity contribution in [2.75, 3.05) is 5.32 Å². The summed E-state index contributed by atoms with van der Waals surface area (Å²) < 4.78 is 0. The molecular weight excluding hydrogens is 186 g/mol. The van der Waals surface area contributed by atoms with Crippen LogP contribution in [0.15, 0.2) is 12.1 Å². The highest BCUT2D eigenvalue weighted by Gasteiger charge is 2.06. The molecule has 0 radical (unpaired) electrons. The van der Waals surface area contributed by atoms with Crippen molar-refractivity contribution in [3.63, 3.8) is 0 Å². The zero-order chi connectivity index (χ0) is 10.0. The van der Waals surface area contributed by atoms with Crippen molar-refractivity contribution in [1.82, 2.24) is 0 Å². The number of hydrogen-bond acceptors (Lipinski definition) is 1. The topological polar surface area (TPSA) is 29.1 Å². The van der Waals surface area contributed by atoms with Crippen LogP contribution in [0.3, 0.4) is 0 Å². The van der Waals surface area contributed by atoms with Crippen LogP contribution in [0.5, 0.6) is 0 Å². The molecule has 0 saturated heterocycles. The van der Waals surface area contributed by atoms with E-state index in [4.69, 9.17) is 11.6 Å². The quantitative estimate of drug-likeness (QED) is 0.737. The molecule has 1 N–H and O–H groups in total. The van der Waals surface area contributed by atoms with Gasteiger partial charge in [-0.1, -0.05) is 17.7 Å². The molecule has 0 bridgehead atoms. The van der Waals surface area contributed by atoms with E-state index in [9.17, 15) is 4.79 Å². The van der Waals surface area contributed by atoms with Crippen LogP contribution in [-0.2, 0) is 4.79 Å². The Morgan fingerprint density at radius 2 is 2.00 bits per heavy atom. The third-order valence-electron chi connectivity index (χ3n) is 1.91. The lowest BCUT2D eigenvalue weighted by Crippen LogP contribution is -2.08. The number of carbonyl (C=O) groups is 1. The fourth-order valence-corrected chi connectivity index (χ4v) is 1.35. The van der Waals surface area contributed by atoms with Gasteiger partial charge in [-0.05, 0) is 31.0 Å². The van der Waals surface area contributed by atoms with Crippen LogP contribution < -0.4 is 5.32 Å². The smallest absolute Gasteiger partial charge is 0.221 e. The van der Waals surface area contributed by atoms with Gasteiger partial charge in [0.15, 0.2) is 0 Å². The zero-order valence-corrected chi connectivity index (χ0v) is 8.70. The summed E-state index contributed by atoms with van der Waals surface area (Å²) in [5.41, 5.74) is 2.76. The zero-order valence-electron chi connectivity index (χ0n) is 7.94. The van der Waals surface area contributed by atoms with Crippen molar-refractivity contribution in [2.24, 2.45) is 0 Å². The predicted octanol–water partition coefficient (Wildman–Crippen LogP) is 2.92. The molecule has 1 rings (SSSR count). The van der Waals surface area contributed by atoms with Crippen molar-refractivity contribution in [3.8, 4) is 0 Å². The number of benzene rings is 1. The number of carbonyl (C=O) groups excluding carboxylic acids is 1. The Morgan fingerprint density at radius 3 is 2.54 bits per heavy atom. The maximum atomic E-state index is 10.9. The predicted molar refractivity (Wildman–Crippen MR) is 55.2 cm³/mol. The minimum atomic E-state index is -0.0755. The minimum Gasteiger partial charge on any atom is -0.326 e. The van der Waals surface area contributed by atoms with Crippen LogP contribution in [0, 0.1) is 13.8 Å². The average Bonchev–Trinajstić information content (AvgIpc) is 2.05. The fourth-order valence-electron chi connectivity index (χ4n) is 1.19. The van der Waals surface area contributed by atoms with Gasteiger partial charge < -0.3 is 5.32 Å². The van der Waals surface area contributed by atoms with Gasteiger partial charge in [-0.3, -0.25) is 4.79 Å². The van der Waals surface area contributed by atoms with Crippen LogP contribution in [0.4, 0.5) is 5.69 Å². The maximum absolute atomic E-state index is 10.9. The largest absolute Gasteiger partial charge is 0.326 e. The van der Waals surface area contributed by atoms with Gasteiger partial charge in [0.2, 0.25) is 5.91 Å². The highest BCUT2D eigenvalue weighted by molar-refractivity contribution is 6.31. The van der Waals surface area contributed by atoms with E-state index < -0.39 is 0 Å². The Labute approximate surface area is 82.9 Å². The van der Waals surface area contributed by atoms with Gasteiger partial charge in [-0.25, -0.2) is 0 Å². The van der Waals surface area contributed by atoms with Crippen molar-refractivity contribution in [3.05, 3.63) is 28.3 Å². The molecule has 0 saturated carbocycles. The first kappa shape index (κ1) is 10.1.